The second-order valence-electron chi connectivity index (χ2n) is 8.13. The summed E-state index contributed by atoms with van der Waals surface area (Å²) in [5.41, 5.74) is -0.986. The summed E-state index contributed by atoms with van der Waals surface area (Å²) in [6, 6.07) is 5.11. The molecule has 1 N–H and O–H groups in total. The van der Waals surface area contributed by atoms with Crippen molar-refractivity contribution in [3.05, 3.63) is 63.0 Å². The number of alkyl halides is 2. The Morgan fingerprint density at radius 1 is 1.26 bits per heavy atom. The lowest BCUT2D eigenvalue weighted by molar-refractivity contribution is 0.146. The van der Waals surface area contributed by atoms with Crippen LogP contribution in [0, 0.1) is 24.1 Å². The molecular weight excluding hydrogens is 407 g/mol. The minimum absolute atomic E-state index is 0.0281. The number of nitrogens with zero attached hydrogens (tertiary/aromatic N) is 4. The zero-order valence-electron chi connectivity index (χ0n) is 17.2. The van der Waals surface area contributed by atoms with E-state index in [9.17, 15) is 23.2 Å². The lowest BCUT2D eigenvalue weighted by Gasteiger charge is -2.20. The quantitative estimate of drug-likeness (QED) is 0.636. The molecule has 0 spiro atoms. The molecule has 3 aromatic rings. The van der Waals surface area contributed by atoms with Gasteiger partial charge in [0, 0.05) is 28.1 Å². The number of nitriles is 1. The number of fused-ring (bicyclic) bond motifs is 1. The number of anilines is 1. The first kappa shape index (κ1) is 20.8. The van der Waals surface area contributed by atoms with Crippen molar-refractivity contribution in [2.24, 2.45) is 0 Å². The Labute approximate surface area is 176 Å². The van der Waals surface area contributed by atoms with Crippen LogP contribution in [0.2, 0.25) is 0 Å². The van der Waals surface area contributed by atoms with Gasteiger partial charge in [0.25, 0.3) is 12.0 Å². The number of hydrogen-bond acceptors (Lipinski definition) is 5. The summed E-state index contributed by atoms with van der Waals surface area (Å²) in [5.74, 6) is -0.744. The average molecular weight is 427 g/mol. The molecule has 1 aliphatic carbocycles. The van der Waals surface area contributed by atoms with Crippen molar-refractivity contribution in [1.82, 2.24) is 14.8 Å². The molecular formula is C22H20F3N5O. The molecule has 9 heteroatoms. The summed E-state index contributed by atoms with van der Waals surface area (Å²) in [6.07, 6.45) is 0.338. The van der Waals surface area contributed by atoms with E-state index >= 15 is 0 Å². The van der Waals surface area contributed by atoms with Gasteiger partial charge in [0.05, 0.1) is 17.3 Å². The number of halogens is 3. The Morgan fingerprint density at radius 3 is 2.55 bits per heavy atom. The fourth-order valence-electron chi connectivity index (χ4n) is 3.79. The maximum absolute atomic E-state index is 14.6. The third-order valence-electron chi connectivity index (χ3n) is 5.91. The number of benzene rings is 1. The summed E-state index contributed by atoms with van der Waals surface area (Å²) in [6.45, 7) is 5.20. The number of aromatic nitrogens is 3. The van der Waals surface area contributed by atoms with Crippen LogP contribution in [0.1, 0.15) is 61.5 Å². The van der Waals surface area contributed by atoms with Crippen LogP contribution in [0.15, 0.2) is 29.2 Å². The second-order valence-corrected chi connectivity index (χ2v) is 8.13. The van der Waals surface area contributed by atoms with Crippen LogP contribution in [-0.2, 0) is 5.54 Å². The molecule has 0 bridgehead atoms. The third kappa shape index (κ3) is 3.42. The highest BCUT2D eigenvalue weighted by molar-refractivity contribution is 5.96. The molecule has 2 aromatic heterocycles. The van der Waals surface area contributed by atoms with Gasteiger partial charge in [-0.05, 0) is 33.6 Å². The van der Waals surface area contributed by atoms with Crippen LogP contribution >= 0.6 is 0 Å². The van der Waals surface area contributed by atoms with Crippen molar-refractivity contribution >= 4 is 16.6 Å². The molecule has 1 aromatic carbocycles. The Morgan fingerprint density at radius 2 is 1.94 bits per heavy atom. The van der Waals surface area contributed by atoms with Gasteiger partial charge in [-0.3, -0.25) is 4.79 Å². The van der Waals surface area contributed by atoms with E-state index in [4.69, 9.17) is 0 Å². The molecule has 0 aliphatic heterocycles. The van der Waals surface area contributed by atoms with E-state index in [2.05, 4.69) is 15.5 Å². The summed E-state index contributed by atoms with van der Waals surface area (Å²) < 4.78 is 42.3. The van der Waals surface area contributed by atoms with E-state index in [0.29, 0.717) is 16.5 Å². The number of nitrogens with one attached hydrogen (secondary N) is 1. The summed E-state index contributed by atoms with van der Waals surface area (Å²) >= 11 is 0. The number of hydrogen-bond donors (Lipinski definition) is 1. The monoisotopic (exact) mass is 427 g/mol. The molecule has 6 nitrogen and oxygen atoms in total. The van der Waals surface area contributed by atoms with Gasteiger partial charge in [-0.1, -0.05) is 18.2 Å². The molecule has 31 heavy (non-hydrogen) atoms. The maximum Gasteiger partial charge on any atom is 0.269 e. The molecule has 0 radical (unpaired) electrons. The van der Waals surface area contributed by atoms with Crippen molar-refractivity contribution in [3.8, 4) is 6.07 Å². The van der Waals surface area contributed by atoms with Crippen LogP contribution in [0.5, 0.6) is 0 Å². The Balaban J connectivity index is 1.86. The van der Waals surface area contributed by atoms with Crippen molar-refractivity contribution < 1.29 is 13.2 Å². The van der Waals surface area contributed by atoms with Gasteiger partial charge in [0.15, 0.2) is 5.82 Å². The van der Waals surface area contributed by atoms with E-state index in [1.54, 1.807) is 24.6 Å². The first-order valence-corrected chi connectivity index (χ1v) is 9.84. The van der Waals surface area contributed by atoms with Crippen LogP contribution in [0.3, 0.4) is 0 Å². The molecule has 1 fully saturated rings. The number of rotatable bonds is 5. The van der Waals surface area contributed by atoms with E-state index in [1.807, 2.05) is 13.0 Å². The smallest absolute Gasteiger partial charge is 0.269 e. The van der Waals surface area contributed by atoms with Gasteiger partial charge >= 0.3 is 0 Å². The fraction of sp³-hybridized carbons (Fsp3) is 0.364. The number of aryl methyl sites for hydroxylation is 1. The van der Waals surface area contributed by atoms with Crippen LogP contribution in [0.4, 0.5) is 19.0 Å². The Bertz CT molecular complexity index is 1290. The molecule has 0 saturated heterocycles. The summed E-state index contributed by atoms with van der Waals surface area (Å²) in [4.78, 5) is 12.9. The SMILES string of the molecule is Cc1nnc(N[C@H](C)c2cccc(C(F)F)c2F)c2cn(C3(C)CC3)c(=O)c(C#N)c12. The minimum Gasteiger partial charge on any atom is -0.361 e. The second kappa shape index (κ2) is 7.38. The maximum atomic E-state index is 14.6. The van der Waals surface area contributed by atoms with E-state index < -0.39 is 23.8 Å². The predicted octanol–water partition coefficient (Wildman–Crippen LogP) is 4.73. The third-order valence-corrected chi connectivity index (χ3v) is 5.91. The molecule has 0 amide bonds. The van der Waals surface area contributed by atoms with Gasteiger partial charge in [-0.15, -0.1) is 5.10 Å². The summed E-state index contributed by atoms with van der Waals surface area (Å²) in [5, 5.41) is 21.8. The van der Waals surface area contributed by atoms with Crippen molar-refractivity contribution in [1.29, 1.82) is 5.26 Å². The standard InChI is InChI=1S/C22H20F3N5O/c1-11(13-5-4-6-14(18(13)23)19(24)25)27-20-16-10-30(22(3)7-8-22)21(31)15(9-26)17(16)12(2)28-29-20/h4-6,10-11,19H,7-8H2,1-3H3,(H,27,29)/t11-/m1/s1. The Hall–Kier alpha value is -3.41. The molecule has 4 rings (SSSR count). The first-order chi connectivity index (χ1) is 14.7. The van der Waals surface area contributed by atoms with E-state index in [0.717, 1.165) is 18.9 Å². The van der Waals surface area contributed by atoms with E-state index in [-0.39, 0.29) is 28.0 Å². The normalized spacial score (nSPS) is 15.7. The number of pyridine rings is 1. The largest absolute Gasteiger partial charge is 0.361 e. The first-order valence-electron chi connectivity index (χ1n) is 9.84. The van der Waals surface area contributed by atoms with Crippen LogP contribution in [-0.4, -0.2) is 14.8 Å². The predicted molar refractivity (Wildman–Crippen MR) is 110 cm³/mol. The lowest BCUT2D eigenvalue weighted by Crippen LogP contribution is -2.30. The fourth-order valence-corrected chi connectivity index (χ4v) is 3.79. The highest BCUT2D eigenvalue weighted by Gasteiger charge is 2.41. The minimum atomic E-state index is -2.93. The topological polar surface area (TPSA) is 83.6 Å². The highest BCUT2D eigenvalue weighted by Crippen LogP contribution is 2.43. The van der Waals surface area contributed by atoms with E-state index in [1.165, 1.54) is 12.1 Å². The highest BCUT2D eigenvalue weighted by atomic mass is 19.3. The lowest BCUT2D eigenvalue weighted by atomic mass is 10.0. The van der Waals surface area contributed by atoms with Gasteiger partial charge in [-0.25, -0.2) is 13.2 Å². The zero-order chi connectivity index (χ0) is 22.5. The summed E-state index contributed by atoms with van der Waals surface area (Å²) in [7, 11) is 0. The van der Waals surface area contributed by atoms with Crippen LogP contribution in [0.25, 0.3) is 10.8 Å². The molecule has 160 valence electrons. The van der Waals surface area contributed by atoms with Crippen molar-refractivity contribution in [3.63, 3.8) is 0 Å². The van der Waals surface area contributed by atoms with Crippen LogP contribution < -0.4 is 10.9 Å². The van der Waals surface area contributed by atoms with Gasteiger partial charge in [0.1, 0.15) is 17.4 Å². The molecule has 1 aliphatic rings. The molecule has 0 unspecified atom stereocenters. The van der Waals surface area contributed by atoms with Gasteiger partial charge in [-0.2, -0.15) is 10.4 Å². The molecule has 1 atom stereocenters. The van der Waals surface area contributed by atoms with Gasteiger partial charge < -0.3 is 9.88 Å². The van der Waals surface area contributed by atoms with Gasteiger partial charge in [0.2, 0.25) is 0 Å². The Kier molecular flexibility index (Phi) is 4.96. The van der Waals surface area contributed by atoms with Crippen molar-refractivity contribution in [2.75, 3.05) is 5.32 Å². The zero-order valence-corrected chi connectivity index (χ0v) is 17.2. The average Bonchev–Trinajstić information content (AvgIpc) is 3.47. The molecule has 2 heterocycles. The molecule has 1 saturated carbocycles. The van der Waals surface area contributed by atoms with Crippen molar-refractivity contribution in [2.45, 2.75) is 51.6 Å².